The fraction of sp³-hybridized carbons (Fsp3) is 0.457. The van der Waals surface area contributed by atoms with Crippen molar-refractivity contribution in [2.75, 3.05) is 31.1 Å². The zero-order chi connectivity index (χ0) is 34.2. The second-order valence-electron chi connectivity index (χ2n) is 13.1. The van der Waals surface area contributed by atoms with Crippen molar-refractivity contribution < 1.29 is 23.0 Å². The van der Waals surface area contributed by atoms with Gasteiger partial charge in [-0.3, -0.25) is 4.98 Å². The SMILES string of the molecule is CCOCc1cccc(F)c1-c1nc2c(cc1F)c(N1CCN(C(=O)OC(C)(C)C)C[C@@H]1C)nc(=O)n2-c1c(C)ccnc1C(C)C. The molecule has 0 N–H and O–H groups in total. The number of hydrogen-bond acceptors (Lipinski definition) is 8. The molecular weight excluding hydrogens is 606 g/mol. The fourth-order valence-electron chi connectivity index (χ4n) is 5.92. The number of piperazine rings is 1. The summed E-state index contributed by atoms with van der Waals surface area (Å²) in [6.45, 7) is 16.3. The number of carbonyl (C=O) groups is 1. The average molecular weight is 649 g/mol. The smallest absolute Gasteiger partial charge is 0.410 e. The molecule has 1 saturated heterocycles. The quantitative estimate of drug-likeness (QED) is 0.223. The highest BCUT2D eigenvalue weighted by molar-refractivity contribution is 5.91. The Bertz CT molecular complexity index is 1870. The van der Waals surface area contributed by atoms with Gasteiger partial charge in [0.15, 0.2) is 5.65 Å². The molecule has 1 fully saturated rings. The lowest BCUT2D eigenvalue weighted by Crippen LogP contribution is -2.55. The number of aryl methyl sites for hydroxylation is 1. The van der Waals surface area contributed by atoms with Gasteiger partial charge in [0.2, 0.25) is 0 Å². The number of rotatable bonds is 7. The van der Waals surface area contributed by atoms with Gasteiger partial charge in [-0.1, -0.05) is 26.0 Å². The van der Waals surface area contributed by atoms with E-state index in [0.717, 1.165) is 5.56 Å². The summed E-state index contributed by atoms with van der Waals surface area (Å²) in [6, 6.07) is 7.19. The van der Waals surface area contributed by atoms with Crippen LogP contribution in [0.1, 0.15) is 71.2 Å². The second kappa shape index (κ2) is 13.3. The van der Waals surface area contributed by atoms with Gasteiger partial charge >= 0.3 is 11.8 Å². The highest BCUT2D eigenvalue weighted by atomic mass is 19.1. The van der Waals surface area contributed by atoms with E-state index >= 15 is 8.78 Å². The van der Waals surface area contributed by atoms with Crippen LogP contribution >= 0.6 is 0 Å². The van der Waals surface area contributed by atoms with Gasteiger partial charge in [0, 0.05) is 44.0 Å². The summed E-state index contributed by atoms with van der Waals surface area (Å²) in [5.74, 6) is -1.29. The lowest BCUT2D eigenvalue weighted by atomic mass is 10.0. The molecule has 10 nitrogen and oxygen atoms in total. The van der Waals surface area contributed by atoms with E-state index in [4.69, 9.17) is 14.5 Å². The average Bonchev–Trinajstić information content (AvgIpc) is 2.99. The Balaban J connectivity index is 1.75. The number of pyridine rings is 2. The molecule has 1 aliphatic rings. The highest BCUT2D eigenvalue weighted by Gasteiger charge is 2.33. The molecule has 0 saturated carbocycles. The summed E-state index contributed by atoms with van der Waals surface area (Å²) >= 11 is 0. The Hall–Kier alpha value is -4.45. The van der Waals surface area contributed by atoms with Crippen LogP contribution in [-0.2, 0) is 16.1 Å². The van der Waals surface area contributed by atoms with Gasteiger partial charge in [0.05, 0.1) is 23.4 Å². The first kappa shape index (κ1) is 33.9. The molecule has 4 aromatic rings. The van der Waals surface area contributed by atoms with Crippen molar-refractivity contribution in [3.8, 4) is 16.9 Å². The lowest BCUT2D eigenvalue weighted by molar-refractivity contribution is 0.0218. The second-order valence-corrected chi connectivity index (χ2v) is 13.1. The molecule has 5 rings (SSSR count). The molecule has 0 aliphatic carbocycles. The normalized spacial score (nSPS) is 15.5. The molecule has 12 heteroatoms. The van der Waals surface area contributed by atoms with Crippen molar-refractivity contribution in [3.63, 3.8) is 0 Å². The van der Waals surface area contributed by atoms with Gasteiger partial charge in [-0.2, -0.15) is 4.98 Å². The molecule has 47 heavy (non-hydrogen) atoms. The summed E-state index contributed by atoms with van der Waals surface area (Å²) in [4.78, 5) is 44.3. The van der Waals surface area contributed by atoms with Gasteiger partial charge < -0.3 is 19.3 Å². The third-order valence-corrected chi connectivity index (χ3v) is 8.08. The van der Waals surface area contributed by atoms with Gasteiger partial charge in [-0.25, -0.2) is 27.9 Å². The number of hydrogen-bond donors (Lipinski definition) is 0. The third kappa shape index (κ3) is 6.83. The summed E-state index contributed by atoms with van der Waals surface area (Å²) < 4.78 is 44.3. The zero-order valence-electron chi connectivity index (χ0n) is 28.2. The number of amides is 1. The fourth-order valence-corrected chi connectivity index (χ4v) is 5.92. The Morgan fingerprint density at radius 1 is 1.11 bits per heavy atom. The first-order valence-corrected chi connectivity index (χ1v) is 15.9. The standard InChI is InChI=1S/C35H42F2N6O4/c1-9-46-19-23-11-10-12-25(36)27(23)29-26(37)17-24-31(42-16-15-41(18-22(42)5)34(45)47-35(6,7)8)40-33(44)43(32(24)39-29)30-21(4)13-14-38-28(30)20(2)3/h10-14,17,20,22H,9,15-16,18-19H2,1-8H3/t22-/m0/s1. The van der Waals surface area contributed by atoms with Crippen LogP contribution in [0.25, 0.3) is 28.0 Å². The minimum Gasteiger partial charge on any atom is -0.444 e. The van der Waals surface area contributed by atoms with Crippen LogP contribution in [0.4, 0.5) is 19.4 Å². The van der Waals surface area contributed by atoms with Gasteiger partial charge in [0.1, 0.15) is 28.7 Å². The minimum absolute atomic E-state index is 0.0379. The molecule has 0 spiro atoms. The van der Waals surface area contributed by atoms with Crippen LogP contribution < -0.4 is 10.6 Å². The van der Waals surface area contributed by atoms with E-state index in [1.54, 1.807) is 44.0 Å². The molecule has 0 bridgehead atoms. The Labute approximate surface area is 273 Å². The van der Waals surface area contributed by atoms with Crippen LogP contribution in [0, 0.1) is 18.6 Å². The molecule has 1 atom stereocenters. The van der Waals surface area contributed by atoms with Gasteiger partial charge in [-0.15, -0.1) is 0 Å². The Morgan fingerprint density at radius 3 is 2.51 bits per heavy atom. The lowest BCUT2D eigenvalue weighted by Gasteiger charge is -2.41. The van der Waals surface area contributed by atoms with E-state index in [2.05, 4.69) is 9.97 Å². The number of aromatic nitrogens is 4. The monoisotopic (exact) mass is 648 g/mol. The van der Waals surface area contributed by atoms with Crippen LogP contribution in [0.15, 0.2) is 41.3 Å². The number of nitrogens with zero attached hydrogens (tertiary/aromatic N) is 6. The van der Waals surface area contributed by atoms with Crippen molar-refractivity contribution in [2.24, 2.45) is 0 Å². The van der Waals surface area contributed by atoms with Gasteiger partial charge in [0.25, 0.3) is 0 Å². The number of carbonyl (C=O) groups excluding carboxylic acids is 1. The molecule has 1 amide bonds. The number of benzene rings is 1. The number of halogens is 2. The minimum atomic E-state index is -0.777. The van der Waals surface area contributed by atoms with Crippen molar-refractivity contribution in [3.05, 3.63) is 75.5 Å². The molecule has 4 heterocycles. The summed E-state index contributed by atoms with van der Waals surface area (Å²) in [7, 11) is 0. The van der Waals surface area contributed by atoms with E-state index in [1.165, 1.54) is 22.8 Å². The largest absolute Gasteiger partial charge is 0.444 e. The van der Waals surface area contributed by atoms with Crippen LogP contribution in [0.2, 0.25) is 0 Å². The number of anilines is 1. The Kier molecular flexibility index (Phi) is 9.63. The van der Waals surface area contributed by atoms with Crippen LogP contribution in [-0.4, -0.2) is 68.4 Å². The van der Waals surface area contributed by atoms with E-state index in [-0.39, 0.29) is 46.7 Å². The van der Waals surface area contributed by atoms with Crippen molar-refractivity contribution in [1.29, 1.82) is 0 Å². The predicted molar refractivity (Wildman–Crippen MR) is 177 cm³/mol. The van der Waals surface area contributed by atoms with Crippen molar-refractivity contribution in [1.82, 2.24) is 24.4 Å². The summed E-state index contributed by atoms with van der Waals surface area (Å²) in [5.41, 5.74) is 0.841. The topological polar surface area (TPSA) is 103 Å². The predicted octanol–water partition coefficient (Wildman–Crippen LogP) is 6.53. The molecule has 1 aliphatic heterocycles. The van der Waals surface area contributed by atoms with E-state index < -0.39 is 29.0 Å². The molecular formula is C35H42F2N6O4. The first-order chi connectivity index (χ1) is 22.2. The summed E-state index contributed by atoms with van der Waals surface area (Å²) in [6.07, 6.45) is 1.24. The van der Waals surface area contributed by atoms with E-state index in [9.17, 15) is 9.59 Å². The molecule has 250 valence electrons. The number of ether oxygens (including phenoxy) is 2. The van der Waals surface area contributed by atoms with Crippen LogP contribution in [0.3, 0.4) is 0 Å². The Morgan fingerprint density at radius 2 is 1.85 bits per heavy atom. The van der Waals surface area contributed by atoms with E-state index in [0.29, 0.717) is 43.2 Å². The zero-order valence-corrected chi connectivity index (χ0v) is 28.2. The third-order valence-electron chi connectivity index (χ3n) is 8.08. The van der Waals surface area contributed by atoms with Crippen LogP contribution in [0.5, 0.6) is 0 Å². The molecule has 0 radical (unpaired) electrons. The number of fused-ring (bicyclic) bond motifs is 1. The molecule has 1 aromatic carbocycles. The molecule has 0 unspecified atom stereocenters. The maximum atomic E-state index is 16.3. The van der Waals surface area contributed by atoms with Crippen molar-refractivity contribution in [2.45, 2.75) is 79.6 Å². The van der Waals surface area contributed by atoms with Crippen molar-refractivity contribution >= 4 is 22.9 Å². The summed E-state index contributed by atoms with van der Waals surface area (Å²) in [5, 5.41) is 0.268. The first-order valence-electron chi connectivity index (χ1n) is 15.9. The highest BCUT2D eigenvalue weighted by Crippen LogP contribution is 2.35. The van der Waals surface area contributed by atoms with Gasteiger partial charge in [-0.05, 0) is 76.8 Å². The van der Waals surface area contributed by atoms with E-state index in [1.807, 2.05) is 39.5 Å². The maximum Gasteiger partial charge on any atom is 0.410 e. The molecule has 3 aromatic heterocycles. The maximum absolute atomic E-state index is 16.3.